The molecule has 1 aromatic carbocycles. The third-order valence-electron chi connectivity index (χ3n) is 1.99. The number of halogens is 2. The van der Waals surface area contributed by atoms with Crippen LogP contribution in [0, 0.1) is 5.82 Å². The molecule has 0 saturated carbocycles. The number of carbonyl (C=O) groups is 1. The van der Waals surface area contributed by atoms with E-state index in [-0.39, 0.29) is 18.0 Å². The number of methoxy groups -OCH3 is 2. The summed E-state index contributed by atoms with van der Waals surface area (Å²) in [5, 5.41) is 0. The van der Waals surface area contributed by atoms with Crippen LogP contribution in [0.1, 0.15) is 11.6 Å². The number of nitrogens with two attached hydrogens (primary N) is 1. The highest BCUT2D eigenvalue weighted by atomic mass is 35.5. The summed E-state index contributed by atoms with van der Waals surface area (Å²) in [6.45, 7) is 0. The molecule has 0 spiro atoms. The summed E-state index contributed by atoms with van der Waals surface area (Å²) in [5.41, 5.74) is 5.56. The average Bonchev–Trinajstić information content (AvgIpc) is 2.27. The van der Waals surface area contributed by atoms with E-state index in [1.54, 1.807) is 0 Å². The van der Waals surface area contributed by atoms with E-state index in [4.69, 9.17) is 10.5 Å². The summed E-state index contributed by atoms with van der Waals surface area (Å²) in [4.78, 5) is 11.1. The normalized spacial score (nSPS) is 11.2. The fourth-order valence-electron chi connectivity index (χ4n) is 1.14. The van der Waals surface area contributed by atoms with Crippen molar-refractivity contribution in [2.45, 2.75) is 6.04 Å². The van der Waals surface area contributed by atoms with Gasteiger partial charge in [0.1, 0.15) is 17.6 Å². The van der Waals surface area contributed by atoms with Crippen molar-refractivity contribution in [3.63, 3.8) is 0 Å². The third kappa shape index (κ3) is 3.08. The molecule has 0 aliphatic carbocycles. The molecular weight excluding hydrogens is 237 g/mol. The van der Waals surface area contributed by atoms with Crippen molar-refractivity contribution in [1.29, 1.82) is 0 Å². The van der Waals surface area contributed by atoms with Gasteiger partial charge < -0.3 is 15.2 Å². The Labute approximate surface area is 98.9 Å². The number of esters is 1. The van der Waals surface area contributed by atoms with Gasteiger partial charge in [-0.15, -0.1) is 12.4 Å². The van der Waals surface area contributed by atoms with Crippen LogP contribution in [0.25, 0.3) is 0 Å². The minimum absolute atomic E-state index is 0. The lowest BCUT2D eigenvalue weighted by Crippen LogP contribution is -2.23. The molecule has 1 rings (SSSR count). The van der Waals surface area contributed by atoms with E-state index >= 15 is 0 Å². The van der Waals surface area contributed by atoms with Crippen LogP contribution in [0.3, 0.4) is 0 Å². The van der Waals surface area contributed by atoms with Gasteiger partial charge in [0.2, 0.25) is 0 Å². The van der Waals surface area contributed by atoms with Crippen LogP contribution in [0.2, 0.25) is 0 Å². The lowest BCUT2D eigenvalue weighted by molar-refractivity contribution is -0.142. The molecule has 16 heavy (non-hydrogen) atoms. The Morgan fingerprint density at radius 2 is 2.06 bits per heavy atom. The molecule has 4 nitrogen and oxygen atoms in total. The largest absolute Gasteiger partial charge is 0.497 e. The molecule has 0 amide bonds. The Morgan fingerprint density at radius 1 is 1.44 bits per heavy atom. The zero-order valence-corrected chi connectivity index (χ0v) is 9.71. The molecule has 90 valence electrons. The molecule has 6 heteroatoms. The summed E-state index contributed by atoms with van der Waals surface area (Å²) in [6, 6.07) is 2.88. The van der Waals surface area contributed by atoms with Crippen LogP contribution >= 0.6 is 12.4 Å². The quantitative estimate of drug-likeness (QED) is 0.824. The van der Waals surface area contributed by atoms with Crippen molar-refractivity contribution in [3.8, 4) is 5.75 Å². The van der Waals surface area contributed by atoms with E-state index < -0.39 is 17.8 Å². The van der Waals surface area contributed by atoms with E-state index in [1.807, 2.05) is 0 Å². The summed E-state index contributed by atoms with van der Waals surface area (Å²) < 4.78 is 22.6. The van der Waals surface area contributed by atoms with Crippen molar-refractivity contribution in [3.05, 3.63) is 29.6 Å². The zero-order valence-electron chi connectivity index (χ0n) is 8.90. The monoisotopic (exact) mass is 249 g/mol. The predicted octanol–water partition coefficient (Wildman–Crippen LogP) is 1.43. The Kier molecular flexibility index (Phi) is 5.77. The first-order chi connectivity index (χ1) is 7.10. The number of benzene rings is 1. The molecule has 0 radical (unpaired) electrons. The molecule has 0 fully saturated rings. The third-order valence-corrected chi connectivity index (χ3v) is 1.99. The fourth-order valence-corrected chi connectivity index (χ4v) is 1.14. The molecular formula is C10H13ClFNO3. The topological polar surface area (TPSA) is 61.5 Å². The van der Waals surface area contributed by atoms with Crippen molar-refractivity contribution in [2.75, 3.05) is 14.2 Å². The summed E-state index contributed by atoms with van der Waals surface area (Å²) in [5.74, 6) is -0.818. The van der Waals surface area contributed by atoms with Crippen LogP contribution in [-0.4, -0.2) is 20.2 Å². The molecule has 1 aromatic rings. The lowest BCUT2D eigenvalue weighted by atomic mass is 10.1. The Morgan fingerprint density at radius 3 is 2.56 bits per heavy atom. The summed E-state index contributed by atoms with van der Waals surface area (Å²) in [7, 11) is 2.64. The Balaban J connectivity index is 0.00000225. The fraction of sp³-hybridized carbons (Fsp3) is 0.300. The first kappa shape index (κ1) is 14.7. The van der Waals surface area contributed by atoms with E-state index in [9.17, 15) is 9.18 Å². The Bertz CT molecular complexity index is 373. The predicted molar refractivity (Wildman–Crippen MR) is 59.1 cm³/mol. The van der Waals surface area contributed by atoms with Crippen molar-refractivity contribution < 1.29 is 18.7 Å². The van der Waals surface area contributed by atoms with Gasteiger partial charge in [-0.3, -0.25) is 4.79 Å². The minimum atomic E-state index is -1.13. The van der Waals surface area contributed by atoms with Gasteiger partial charge in [0, 0.05) is 5.56 Å². The van der Waals surface area contributed by atoms with Gasteiger partial charge in [-0.25, -0.2) is 4.39 Å². The minimum Gasteiger partial charge on any atom is -0.497 e. The van der Waals surface area contributed by atoms with Crippen LogP contribution < -0.4 is 10.5 Å². The number of rotatable bonds is 3. The van der Waals surface area contributed by atoms with Crippen molar-refractivity contribution in [2.24, 2.45) is 5.73 Å². The molecule has 0 aliphatic rings. The highest BCUT2D eigenvalue weighted by Gasteiger charge is 2.20. The van der Waals surface area contributed by atoms with E-state index in [2.05, 4.69) is 4.74 Å². The average molecular weight is 250 g/mol. The number of carbonyl (C=O) groups excluding carboxylic acids is 1. The second-order valence-corrected chi connectivity index (χ2v) is 2.89. The number of ether oxygens (including phenoxy) is 2. The number of hydrogen-bond acceptors (Lipinski definition) is 4. The highest BCUT2D eigenvalue weighted by molar-refractivity contribution is 5.85. The van der Waals surface area contributed by atoms with Gasteiger partial charge in [0.05, 0.1) is 14.2 Å². The van der Waals surface area contributed by atoms with Gasteiger partial charge in [-0.1, -0.05) is 0 Å². The van der Waals surface area contributed by atoms with Gasteiger partial charge in [0.15, 0.2) is 0 Å². The summed E-state index contributed by atoms with van der Waals surface area (Å²) in [6.07, 6.45) is 0. The van der Waals surface area contributed by atoms with Gasteiger partial charge in [0.25, 0.3) is 0 Å². The second-order valence-electron chi connectivity index (χ2n) is 2.89. The van der Waals surface area contributed by atoms with Crippen LogP contribution in [0.15, 0.2) is 18.2 Å². The molecule has 0 aromatic heterocycles. The first-order valence-electron chi connectivity index (χ1n) is 4.27. The molecule has 0 bridgehead atoms. The van der Waals surface area contributed by atoms with E-state index in [0.717, 1.165) is 0 Å². The van der Waals surface area contributed by atoms with Crippen LogP contribution in [0.5, 0.6) is 5.75 Å². The maximum Gasteiger partial charge on any atom is 0.327 e. The van der Waals surface area contributed by atoms with Crippen LogP contribution in [-0.2, 0) is 9.53 Å². The summed E-state index contributed by atoms with van der Waals surface area (Å²) >= 11 is 0. The van der Waals surface area contributed by atoms with E-state index in [1.165, 1.54) is 32.4 Å². The highest BCUT2D eigenvalue weighted by Crippen LogP contribution is 2.21. The second kappa shape index (κ2) is 6.30. The first-order valence-corrected chi connectivity index (χ1v) is 4.27. The zero-order chi connectivity index (χ0) is 11.4. The maximum atomic E-state index is 13.3. The smallest absolute Gasteiger partial charge is 0.327 e. The van der Waals surface area contributed by atoms with Gasteiger partial charge in [-0.05, 0) is 18.2 Å². The molecule has 1 atom stereocenters. The van der Waals surface area contributed by atoms with Crippen molar-refractivity contribution >= 4 is 18.4 Å². The standard InChI is InChI=1S/C10H12FNO3.ClH/c1-14-6-3-4-8(11)7(5-6)9(12)10(13)15-2;/h3-5,9H,12H2,1-2H3;1H/t9-;/m1./s1. The molecule has 0 saturated heterocycles. The lowest BCUT2D eigenvalue weighted by Gasteiger charge is -2.11. The molecule has 0 unspecified atom stereocenters. The molecule has 2 N–H and O–H groups in total. The molecule has 0 aliphatic heterocycles. The van der Waals surface area contributed by atoms with E-state index in [0.29, 0.717) is 5.75 Å². The SMILES string of the molecule is COC(=O)[C@H](N)c1cc(OC)ccc1F.Cl. The number of hydrogen-bond donors (Lipinski definition) is 1. The van der Waals surface area contributed by atoms with Crippen LogP contribution in [0.4, 0.5) is 4.39 Å². The molecule has 0 heterocycles. The van der Waals surface area contributed by atoms with Crippen molar-refractivity contribution in [1.82, 2.24) is 0 Å². The Hall–Kier alpha value is -1.33. The van der Waals surface area contributed by atoms with Gasteiger partial charge >= 0.3 is 5.97 Å². The maximum absolute atomic E-state index is 13.3. The van der Waals surface area contributed by atoms with Gasteiger partial charge in [-0.2, -0.15) is 0 Å².